The van der Waals surface area contributed by atoms with Gasteiger partial charge in [0.1, 0.15) is 0 Å². The smallest absolute Gasteiger partial charge is 0.00204 e. The Bertz CT molecular complexity index is 1270. The monoisotopic (exact) mass is 332 g/mol. The van der Waals surface area contributed by atoms with Crippen LogP contribution in [-0.4, -0.2) is 0 Å². The lowest BCUT2D eigenvalue weighted by molar-refractivity contribution is 1.39. The number of hydrogen-bond donors (Lipinski definition) is 0. The Kier molecular flexibility index (Phi) is 3.33. The Balaban J connectivity index is 2.07. The normalized spacial score (nSPS) is 11.5. The molecule has 0 fully saturated rings. The molecule has 0 saturated heterocycles. The third-order valence-electron chi connectivity index (χ3n) is 5.26. The van der Waals surface area contributed by atoms with Crippen molar-refractivity contribution in [2.24, 2.45) is 0 Å². The molecule has 124 valence electrons. The fourth-order valence-electron chi connectivity index (χ4n) is 4.26. The summed E-state index contributed by atoms with van der Waals surface area (Å²) >= 11 is 0. The molecule has 0 aliphatic carbocycles. The van der Waals surface area contributed by atoms with Crippen LogP contribution in [0.2, 0.25) is 0 Å². The highest BCUT2D eigenvalue weighted by atomic mass is 14.2. The minimum atomic E-state index is 1.29. The number of hydrogen-bond acceptors (Lipinski definition) is 0. The molecule has 26 heavy (non-hydrogen) atoms. The molecule has 0 amide bonds. The van der Waals surface area contributed by atoms with Crippen LogP contribution in [0, 0.1) is 13.8 Å². The molecule has 0 aromatic heterocycles. The second-order valence-corrected chi connectivity index (χ2v) is 7.23. The van der Waals surface area contributed by atoms with Crippen LogP contribution in [0.25, 0.3) is 43.4 Å². The van der Waals surface area contributed by atoms with Crippen molar-refractivity contribution in [3.63, 3.8) is 0 Å². The second-order valence-electron chi connectivity index (χ2n) is 7.23. The first kappa shape index (κ1) is 15.2. The highest BCUT2D eigenvalue weighted by Crippen LogP contribution is 2.40. The van der Waals surface area contributed by atoms with Crippen molar-refractivity contribution in [3.05, 3.63) is 96.1 Å². The molecule has 5 rings (SSSR count). The molecule has 5 aromatic carbocycles. The molecule has 5 aromatic rings. The zero-order chi connectivity index (χ0) is 17.7. The van der Waals surface area contributed by atoms with Gasteiger partial charge in [0.15, 0.2) is 0 Å². The van der Waals surface area contributed by atoms with E-state index in [2.05, 4.69) is 98.8 Å². The van der Waals surface area contributed by atoms with Crippen molar-refractivity contribution in [2.75, 3.05) is 0 Å². The Labute approximate surface area is 153 Å². The molecule has 0 bridgehead atoms. The standard InChI is InChI=1S/C26H20/c1-17-13-18(2)15-22(14-17)26-24-10-6-4-8-20(24)16-21-12-11-19-7-3-5-9-23(19)25(21)26/h3-16H,1-2H3. The fraction of sp³-hybridized carbons (Fsp3) is 0.0769. The first-order valence-electron chi connectivity index (χ1n) is 9.12. The van der Waals surface area contributed by atoms with Gasteiger partial charge in [-0.05, 0) is 63.4 Å². The second kappa shape index (κ2) is 5.71. The van der Waals surface area contributed by atoms with E-state index >= 15 is 0 Å². The van der Waals surface area contributed by atoms with E-state index in [1.54, 1.807) is 0 Å². The van der Waals surface area contributed by atoms with Crippen LogP contribution in [0.1, 0.15) is 11.1 Å². The summed E-state index contributed by atoms with van der Waals surface area (Å²) in [6, 6.07) is 31.1. The van der Waals surface area contributed by atoms with E-state index in [0.29, 0.717) is 0 Å². The lowest BCUT2D eigenvalue weighted by Crippen LogP contribution is -1.89. The van der Waals surface area contributed by atoms with E-state index in [4.69, 9.17) is 0 Å². The topological polar surface area (TPSA) is 0 Å². The lowest BCUT2D eigenvalue weighted by atomic mass is 9.88. The Morgan fingerprint density at radius 2 is 1.12 bits per heavy atom. The summed E-state index contributed by atoms with van der Waals surface area (Å²) in [6.45, 7) is 4.36. The van der Waals surface area contributed by atoms with Crippen molar-refractivity contribution < 1.29 is 0 Å². The van der Waals surface area contributed by atoms with E-state index in [1.807, 2.05) is 0 Å². The molecule has 0 heteroatoms. The van der Waals surface area contributed by atoms with Gasteiger partial charge in [-0.15, -0.1) is 0 Å². The Hall–Kier alpha value is -3.12. The van der Waals surface area contributed by atoms with Crippen LogP contribution < -0.4 is 0 Å². The molecular formula is C26H20. The molecular weight excluding hydrogens is 312 g/mol. The average molecular weight is 332 g/mol. The Morgan fingerprint density at radius 1 is 0.500 bits per heavy atom. The third kappa shape index (κ3) is 2.30. The van der Waals surface area contributed by atoms with E-state index in [0.717, 1.165) is 0 Å². The molecule has 0 aliphatic heterocycles. The van der Waals surface area contributed by atoms with Crippen LogP contribution in [-0.2, 0) is 0 Å². The largest absolute Gasteiger partial charge is 0.0616 e. The molecule has 0 aliphatic rings. The fourth-order valence-corrected chi connectivity index (χ4v) is 4.26. The first-order valence-corrected chi connectivity index (χ1v) is 9.12. The predicted octanol–water partition coefficient (Wildman–Crippen LogP) is 7.43. The molecule has 0 nitrogen and oxygen atoms in total. The highest BCUT2D eigenvalue weighted by molar-refractivity contribution is 6.21. The first-order chi connectivity index (χ1) is 12.7. The molecule has 0 atom stereocenters. The molecule has 0 N–H and O–H groups in total. The summed E-state index contributed by atoms with van der Waals surface area (Å²) < 4.78 is 0. The lowest BCUT2D eigenvalue weighted by Gasteiger charge is -2.15. The number of rotatable bonds is 1. The minimum Gasteiger partial charge on any atom is -0.0616 e. The van der Waals surface area contributed by atoms with Crippen molar-refractivity contribution in [3.8, 4) is 11.1 Å². The summed E-state index contributed by atoms with van der Waals surface area (Å²) in [5, 5.41) is 7.89. The van der Waals surface area contributed by atoms with Gasteiger partial charge in [0.25, 0.3) is 0 Å². The van der Waals surface area contributed by atoms with Gasteiger partial charge in [-0.1, -0.05) is 90.0 Å². The van der Waals surface area contributed by atoms with Gasteiger partial charge in [-0.2, -0.15) is 0 Å². The maximum Gasteiger partial charge on any atom is -0.00204 e. The number of aryl methyl sites for hydroxylation is 2. The van der Waals surface area contributed by atoms with E-state index in [1.165, 1.54) is 54.6 Å². The quantitative estimate of drug-likeness (QED) is 0.221. The average Bonchev–Trinajstić information content (AvgIpc) is 2.65. The van der Waals surface area contributed by atoms with Gasteiger partial charge in [0.05, 0.1) is 0 Å². The Morgan fingerprint density at radius 3 is 1.88 bits per heavy atom. The highest BCUT2D eigenvalue weighted by Gasteiger charge is 2.13. The zero-order valence-corrected chi connectivity index (χ0v) is 15.1. The molecule has 0 spiro atoms. The van der Waals surface area contributed by atoms with Crippen molar-refractivity contribution >= 4 is 32.3 Å². The minimum absolute atomic E-state index is 1.29. The summed E-state index contributed by atoms with van der Waals surface area (Å²) in [6.07, 6.45) is 0. The van der Waals surface area contributed by atoms with Crippen LogP contribution in [0.5, 0.6) is 0 Å². The van der Waals surface area contributed by atoms with Gasteiger partial charge >= 0.3 is 0 Å². The number of fused-ring (bicyclic) bond motifs is 4. The maximum absolute atomic E-state index is 2.32. The summed E-state index contributed by atoms with van der Waals surface area (Å²) in [5.74, 6) is 0. The third-order valence-corrected chi connectivity index (χ3v) is 5.26. The van der Waals surface area contributed by atoms with E-state index < -0.39 is 0 Å². The van der Waals surface area contributed by atoms with Gasteiger partial charge in [0, 0.05) is 0 Å². The van der Waals surface area contributed by atoms with E-state index in [-0.39, 0.29) is 0 Å². The SMILES string of the molecule is Cc1cc(C)cc(-c2c3ccccc3cc3ccc4ccccc4c23)c1. The summed E-state index contributed by atoms with van der Waals surface area (Å²) in [7, 11) is 0. The molecule has 0 saturated carbocycles. The summed E-state index contributed by atoms with van der Waals surface area (Å²) in [5.41, 5.74) is 5.27. The zero-order valence-electron chi connectivity index (χ0n) is 15.1. The van der Waals surface area contributed by atoms with Crippen molar-refractivity contribution in [2.45, 2.75) is 13.8 Å². The van der Waals surface area contributed by atoms with Gasteiger partial charge in [0.2, 0.25) is 0 Å². The summed E-state index contributed by atoms with van der Waals surface area (Å²) in [4.78, 5) is 0. The molecule has 0 radical (unpaired) electrons. The maximum atomic E-state index is 2.32. The van der Waals surface area contributed by atoms with E-state index in [9.17, 15) is 0 Å². The van der Waals surface area contributed by atoms with Crippen LogP contribution in [0.3, 0.4) is 0 Å². The van der Waals surface area contributed by atoms with Crippen LogP contribution in [0.4, 0.5) is 0 Å². The predicted molar refractivity (Wildman–Crippen MR) is 114 cm³/mol. The molecule has 0 heterocycles. The van der Waals surface area contributed by atoms with Crippen molar-refractivity contribution in [1.82, 2.24) is 0 Å². The van der Waals surface area contributed by atoms with Gasteiger partial charge in [-0.25, -0.2) is 0 Å². The number of benzene rings is 5. The van der Waals surface area contributed by atoms with Gasteiger partial charge < -0.3 is 0 Å². The molecule has 0 unspecified atom stereocenters. The van der Waals surface area contributed by atoms with Crippen LogP contribution >= 0.6 is 0 Å². The van der Waals surface area contributed by atoms with Crippen LogP contribution in [0.15, 0.2) is 84.9 Å². The van der Waals surface area contributed by atoms with Crippen molar-refractivity contribution in [1.29, 1.82) is 0 Å². The van der Waals surface area contributed by atoms with Gasteiger partial charge in [-0.3, -0.25) is 0 Å².